The molecule has 0 aliphatic carbocycles. The number of nitrogens with two attached hydrogens (primary N) is 1. The molecule has 1 aromatic heterocycles. The van der Waals surface area contributed by atoms with Crippen LogP contribution in [0.3, 0.4) is 0 Å². The Morgan fingerprint density at radius 3 is 2.75 bits per heavy atom. The summed E-state index contributed by atoms with van der Waals surface area (Å²) in [6.45, 7) is 0. The second-order valence-corrected chi connectivity index (χ2v) is 5.83. The molecule has 2 aromatic rings. The maximum absolute atomic E-state index is 6.14. The molecule has 0 saturated carbocycles. The lowest BCUT2D eigenvalue weighted by Gasteiger charge is -2.10. The molecule has 84 valence electrons. The van der Waals surface area contributed by atoms with Gasteiger partial charge >= 0.3 is 0 Å². The first-order valence-electron chi connectivity index (χ1n) is 5.26. The Kier molecular flexibility index (Phi) is 4.16. The van der Waals surface area contributed by atoms with E-state index >= 15 is 0 Å². The predicted octanol–water partition coefficient (Wildman–Crippen LogP) is 3.62. The largest absolute Gasteiger partial charge is 0.327 e. The number of hydrogen-bond acceptors (Lipinski definition) is 2. The summed E-state index contributed by atoms with van der Waals surface area (Å²) in [6, 6.07) is 12.8. The van der Waals surface area contributed by atoms with Crippen molar-refractivity contribution in [1.29, 1.82) is 0 Å². The molecule has 0 aliphatic rings. The standard InChI is InChI=1S/C13H14BrNS/c14-11-4-1-3-10(7-11)8-12(15)9-13-5-2-6-16-13/h1-7,12H,8-9,15H2. The number of thiophene rings is 1. The van der Waals surface area contributed by atoms with Gasteiger partial charge in [-0.15, -0.1) is 11.3 Å². The SMILES string of the molecule is NC(Cc1cccc(Br)c1)Cc1cccs1. The molecule has 2 rings (SSSR count). The van der Waals surface area contributed by atoms with Gasteiger partial charge in [-0.25, -0.2) is 0 Å². The highest BCUT2D eigenvalue weighted by Crippen LogP contribution is 2.15. The highest BCUT2D eigenvalue weighted by atomic mass is 79.9. The van der Waals surface area contributed by atoms with Crippen LogP contribution >= 0.6 is 27.3 Å². The molecule has 1 atom stereocenters. The Bertz CT molecular complexity index is 439. The lowest BCUT2D eigenvalue weighted by molar-refractivity contribution is 0.670. The predicted molar refractivity (Wildman–Crippen MR) is 73.8 cm³/mol. The van der Waals surface area contributed by atoms with E-state index in [1.807, 2.05) is 6.07 Å². The van der Waals surface area contributed by atoms with Gasteiger partial charge in [-0.3, -0.25) is 0 Å². The summed E-state index contributed by atoms with van der Waals surface area (Å²) in [4.78, 5) is 1.36. The number of hydrogen-bond donors (Lipinski definition) is 1. The normalized spacial score (nSPS) is 12.6. The van der Waals surface area contributed by atoms with Crippen LogP contribution in [0.5, 0.6) is 0 Å². The monoisotopic (exact) mass is 295 g/mol. The van der Waals surface area contributed by atoms with Crippen LogP contribution in [0.2, 0.25) is 0 Å². The van der Waals surface area contributed by atoms with Gasteiger partial charge in [0.25, 0.3) is 0 Å². The molecule has 0 aliphatic heterocycles. The minimum atomic E-state index is 0.202. The van der Waals surface area contributed by atoms with Crippen LogP contribution in [-0.2, 0) is 12.8 Å². The fourth-order valence-corrected chi connectivity index (χ4v) is 2.97. The lowest BCUT2D eigenvalue weighted by Crippen LogP contribution is -2.25. The van der Waals surface area contributed by atoms with Crippen molar-refractivity contribution in [3.8, 4) is 0 Å². The first-order chi connectivity index (χ1) is 7.74. The van der Waals surface area contributed by atoms with E-state index in [2.05, 4.69) is 51.6 Å². The molecule has 3 heteroatoms. The third-order valence-corrected chi connectivity index (χ3v) is 3.82. The van der Waals surface area contributed by atoms with Gasteiger partial charge in [-0.05, 0) is 42.0 Å². The zero-order chi connectivity index (χ0) is 11.4. The van der Waals surface area contributed by atoms with Gasteiger partial charge in [0.2, 0.25) is 0 Å². The Labute approximate surface area is 108 Å². The summed E-state index contributed by atoms with van der Waals surface area (Å²) in [5.74, 6) is 0. The van der Waals surface area contributed by atoms with Crippen LogP contribution in [0.15, 0.2) is 46.3 Å². The maximum atomic E-state index is 6.14. The second-order valence-electron chi connectivity index (χ2n) is 3.88. The Morgan fingerprint density at radius 1 is 1.19 bits per heavy atom. The third kappa shape index (κ3) is 3.44. The summed E-state index contributed by atoms with van der Waals surface area (Å²) in [5.41, 5.74) is 7.43. The van der Waals surface area contributed by atoms with Gasteiger partial charge in [-0.1, -0.05) is 34.1 Å². The number of rotatable bonds is 4. The minimum Gasteiger partial charge on any atom is -0.327 e. The van der Waals surface area contributed by atoms with Gasteiger partial charge in [0.15, 0.2) is 0 Å². The molecule has 0 saturated heterocycles. The van der Waals surface area contributed by atoms with Crippen LogP contribution < -0.4 is 5.73 Å². The van der Waals surface area contributed by atoms with Crippen molar-refractivity contribution in [3.05, 3.63) is 56.7 Å². The summed E-state index contributed by atoms with van der Waals surface area (Å²) in [5, 5.41) is 2.10. The molecule has 2 N–H and O–H groups in total. The van der Waals surface area contributed by atoms with E-state index in [1.54, 1.807) is 11.3 Å². The van der Waals surface area contributed by atoms with Crippen LogP contribution in [0, 0.1) is 0 Å². The van der Waals surface area contributed by atoms with E-state index in [0.29, 0.717) is 0 Å². The first-order valence-corrected chi connectivity index (χ1v) is 6.94. The zero-order valence-corrected chi connectivity index (χ0v) is 11.3. The van der Waals surface area contributed by atoms with Crippen LogP contribution in [0.4, 0.5) is 0 Å². The van der Waals surface area contributed by atoms with E-state index in [1.165, 1.54) is 10.4 Å². The van der Waals surface area contributed by atoms with Crippen LogP contribution in [0.25, 0.3) is 0 Å². The van der Waals surface area contributed by atoms with Crippen molar-refractivity contribution in [2.45, 2.75) is 18.9 Å². The molecule has 1 aromatic carbocycles. The molecule has 0 radical (unpaired) electrons. The molecule has 0 amide bonds. The average Bonchev–Trinajstić information content (AvgIpc) is 2.70. The van der Waals surface area contributed by atoms with Gasteiger partial charge in [0.05, 0.1) is 0 Å². The molecule has 0 fully saturated rings. The van der Waals surface area contributed by atoms with Crippen LogP contribution in [-0.4, -0.2) is 6.04 Å². The molecule has 1 unspecified atom stereocenters. The average molecular weight is 296 g/mol. The zero-order valence-electron chi connectivity index (χ0n) is 8.90. The highest BCUT2D eigenvalue weighted by molar-refractivity contribution is 9.10. The summed E-state index contributed by atoms with van der Waals surface area (Å²) >= 11 is 5.25. The van der Waals surface area contributed by atoms with Gasteiger partial charge in [-0.2, -0.15) is 0 Å². The topological polar surface area (TPSA) is 26.0 Å². The molecule has 16 heavy (non-hydrogen) atoms. The molecule has 1 heterocycles. The minimum absolute atomic E-state index is 0.202. The van der Waals surface area contributed by atoms with E-state index in [-0.39, 0.29) is 6.04 Å². The fraction of sp³-hybridized carbons (Fsp3) is 0.231. The van der Waals surface area contributed by atoms with E-state index < -0.39 is 0 Å². The first kappa shape index (κ1) is 11.8. The molecular weight excluding hydrogens is 282 g/mol. The van der Waals surface area contributed by atoms with Crippen molar-refractivity contribution in [2.24, 2.45) is 5.73 Å². The molecule has 0 spiro atoms. The highest BCUT2D eigenvalue weighted by Gasteiger charge is 2.06. The summed E-state index contributed by atoms with van der Waals surface area (Å²) in [7, 11) is 0. The Morgan fingerprint density at radius 2 is 2.06 bits per heavy atom. The third-order valence-electron chi connectivity index (χ3n) is 2.43. The number of halogens is 1. The number of benzene rings is 1. The van der Waals surface area contributed by atoms with Crippen molar-refractivity contribution in [2.75, 3.05) is 0 Å². The second kappa shape index (κ2) is 5.62. The Balaban J connectivity index is 1.94. The fourth-order valence-electron chi connectivity index (χ4n) is 1.73. The maximum Gasteiger partial charge on any atom is 0.0178 e. The molecule has 1 nitrogen and oxygen atoms in total. The van der Waals surface area contributed by atoms with Gasteiger partial charge in [0.1, 0.15) is 0 Å². The van der Waals surface area contributed by atoms with E-state index in [0.717, 1.165) is 17.3 Å². The lowest BCUT2D eigenvalue weighted by atomic mass is 10.0. The Hall–Kier alpha value is -0.640. The summed E-state index contributed by atoms with van der Waals surface area (Å²) in [6.07, 6.45) is 1.89. The van der Waals surface area contributed by atoms with Crippen LogP contribution in [0.1, 0.15) is 10.4 Å². The van der Waals surface area contributed by atoms with Crippen molar-refractivity contribution >= 4 is 27.3 Å². The summed E-state index contributed by atoms with van der Waals surface area (Å²) < 4.78 is 1.12. The van der Waals surface area contributed by atoms with E-state index in [9.17, 15) is 0 Å². The van der Waals surface area contributed by atoms with Crippen molar-refractivity contribution in [3.63, 3.8) is 0 Å². The van der Waals surface area contributed by atoms with Crippen molar-refractivity contribution < 1.29 is 0 Å². The van der Waals surface area contributed by atoms with Crippen molar-refractivity contribution in [1.82, 2.24) is 0 Å². The molecule has 0 bridgehead atoms. The van der Waals surface area contributed by atoms with Gasteiger partial charge < -0.3 is 5.73 Å². The molecular formula is C13H14BrNS. The quantitative estimate of drug-likeness (QED) is 0.916. The van der Waals surface area contributed by atoms with E-state index in [4.69, 9.17) is 5.73 Å². The van der Waals surface area contributed by atoms with Gasteiger partial charge in [0, 0.05) is 15.4 Å². The smallest absolute Gasteiger partial charge is 0.0178 e.